The second kappa shape index (κ2) is 9.36. The van der Waals surface area contributed by atoms with Crippen molar-refractivity contribution in [2.45, 2.75) is 45.2 Å². The number of nitrogens with one attached hydrogen (secondary N) is 1. The largest absolute Gasteiger partial charge is 0.324 e. The monoisotopic (exact) mass is 347 g/mol. The topological polar surface area (TPSA) is 58.4 Å². The first-order valence-corrected chi connectivity index (χ1v) is 7.49. The van der Waals surface area contributed by atoms with E-state index >= 15 is 0 Å². The number of rotatable bonds is 6. The molecule has 0 unspecified atom stereocenters. The van der Waals surface area contributed by atoms with Crippen LogP contribution in [0.15, 0.2) is 24.3 Å². The average molecular weight is 348 g/mol. The first-order valence-electron chi connectivity index (χ1n) is 7.49. The molecule has 1 aliphatic carbocycles. The fourth-order valence-electron chi connectivity index (χ4n) is 2.49. The van der Waals surface area contributed by atoms with Crippen LogP contribution in [0.5, 0.6) is 0 Å². The lowest BCUT2D eigenvalue weighted by atomic mass is 9.77. The normalized spacial score (nSPS) is 15.3. The molecule has 0 aliphatic heterocycles. The molecule has 0 aromatic heterocycles. The highest BCUT2D eigenvalue weighted by molar-refractivity contribution is 5.98. The van der Waals surface area contributed by atoms with Gasteiger partial charge in [0.25, 0.3) is 0 Å². The maximum atomic E-state index is 12.1. The fraction of sp³-hybridized carbons (Fsp3) is 0.562. The number of anilines is 1. The van der Waals surface area contributed by atoms with Crippen molar-refractivity contribution in [1.29, 1.82) is 0 Å². The Kier molecular flexibility index (Phi) is 9.01. The molecular formula is C16H27Cl2N3O. The summed E-state index contributed by atoms with van der Waals surface area (Å²) >= 11 is 0. The van der Waals surface area contributed by atoms with Crippen LogP contribution >= 0.6 is 24.8 Å². The Labute approximate surface area is 145 Å². The first kappa shape index (κ1) is 21.2. The van der Waals surface area contributed by atoms with Crippen molar-refractivity contribution >= 4 is 36.4 Å². The van der Waals surface area contributed by atoms with Gasteiger partial charge in [-0.2, -0.15) is 0 Å². The molecule has 126 valence electrons. The van der Waals surface area contributed by atoms with Crippen LogP contribution in [0.4, 0.5) is 5.69 Å². The molecule has 1 aliphatic rings. The van der Waals surface area contributed by atoms with Crippen LogP contribution in [0.25, 0.3) is 0 Å². The third-order valence-electron chi connectivity index (χ3n) is 4.18. The minimum atomic E-state index is -0.644. The lowest BCUT2D eigenvalue weighted by Crippen LogP contribution is -2.56. The summed E-state index contributed by atoms with van der Waals surface area (Å²) < 4.78 is 0. The Morgan fingerprint density at radius 2 is 1.91 bits per heavy atom. The van der Waals surface area contributed by atoms with E-state index in [1.807, 2.05) is 18.2 Å². The van der Waals surface area contributed by atoms with Crippen LogP contribution in [0.2, 0.25) is 0 Å². The Morgan fingerprint density at radius 3 is 2.41 bits per heavy atom. The van der Waals surface area contributed by atoms with Crippen LogP contribution in [0, 0.1) is 0 Å². The van der Waals surface area contributed by atoms with E-state index in [-0.39, 0.29) is 30.7 Å². The SMILES string of the molecule is CCN(CC)Cc1cccc(NC(=O)C2(N)CCC2)c1.Cl.Cl. The zero-order valence-electron chi connectivity index (χ0n) is 13.3. The van der Waals surface area contributed by atoms with Gasteiger partial charge < -0.3 is 11.1 Å². The summed E-state index contributed by atoms with van der Waals surface area (Å²) in [6.45, 7) is 7.27. The Bertz CT molecular complexity index is 474. The van der Waals surface area contributed by atoms with E-state index in [0.717, 1.165) is 44.6 Å². The molecule has 0 atom stereocenters. The highest BCUT2D eigenvalue weighted by Gasteiger charge is 2.40. The second-order valence-corrected chi connectivity index (χ2v) is 5.63. The minimum absolute atomic E-state index is 0. The molecular weight excluding hydrogens is 321 g/mol. The molecule has 22 heavy (non-hydrogen) atoms. The van der Waals surface area contributed by atoms with E-state index in [4.69, 9.17) is 5.73 Å². The van der Waals surface area contributed by atoms with Crippen LogP contribution in [0.1, 0.15) is 38.7 Å². The molecule has 1 amide bonds. The fourth-order valence-corrected chi connectivity index (χ4v) is 2.49. The lowest BCUT2D eigenvalue weighted by Gasteiger charge is -2.36. The molecule has 0 radical (unpaired) electrons. The predicted molar refractivity (Wildman–Crippen MR) is 97.0 cm³/mol. The van der Waals surface area contributed by atoms with Gasteiger partial charge in [-0.1, -0.05) is 26.0 Å². The molecule has 1 saturated carbocycles. The van der Waals surface area contributed by atoms with Crippen molar-refractivity contribution in [1.82, 2.24) is 4.90 Å². The number of carbonyl (C=O) groups is 1. The molecule has 1 fully saturated rings. The molecule has 0 bridgehead atoms. The van der Waals surface area contributed by atoms with Crippen molar-refractivity contribution in [2.75, 3.05) is 18.4 Å². The summed E-state index contributed by atoms with van der Waals surface area (Å²) in [5.41, 5.74) is 7.45. The molecule has 1 aromatic carbocycles. The number of nitrogens with zero attached hydrogens (tertiary/aromatic N) is 1. The van der Waals surface area contributed by atoms with E-state index in [1.165, 1.54) is 5.56 Å². The van der Waals surface area contributed by atoms with Gasteiger partial charge in [0, 0.05) is 12.2 Å². The van der Waals surface area contributed by atoms with E-state index in [2.05, 4.69) is 30.1 Å². The quantitative estimate of drug-likeness (QED) is 0.830. The number of halogens is 2. The second-order valence-electron chi connectivity index (χ2n) is 5.63. The molecule has 0 spiro atoms. The Morgan fingerprint density at radius 1 is 1.27 bits per heavy atom. The average Bonchev–Trinajstić information content (AvgIpc) is 2.42. The van der Waals surface area contributed by atoms with E-state index in [1.54, 1.807) is 0 Å². The Hall–Kier alpha value is -0.810. The van der Waals surface area contributed by atoms with Crippen LogP contribution in [-0.2, 0) is 11.3 Å². The maximum Gasteiger partial charge on any atom is 0.244 e. The van der Waals surface area contributed by atoms with Crippen molar-refractivity contribution in [3.63, 3.8) is 0 Å². The molecule has 3 N–H and O–H groups in total. The summed E-state index contributed by atoms with van der Waals surface area (Å²) in [5.74, 6) is -0.0521. The van der Waals surface area contributed by atoms with Crippen LogP contribution in [-0.4, -0.2) is 29.4 Å². The first-order chi connectivity index (χ1) is 9.57. The molecule has 0 saturated heterocycles. The number of nitrogens with two attached hydrogens (primary N) is 1. The van der Waals surface area contributed by atoms with Crippen molar-refractivity contribution < 1.29 is 4.79 Å². The molecule has 6 heteroatoms. The summed E-state index contributed by atoms with van der Waals surface area (Å²) in [6.07, 6.45) is 2.63. The van der Waals surface area contributed by atoms with E-state index in [9.17, 15) is 4.79 Å². The van der Waals surface area contributed by atoms with Crippen LogP contribution in [0.3, 0.4) is 0 Å². The Balaban J connectivity index is 0.00000220. The van der Waals surface area contributed by atoms with Gasteiger partial charge in [0.15, 0.2) is 0 Å². The maximum absolute atomic E-state index is 12.1. The van der Waals surface area contributed by atoms with E-state index < -0.39 is 5.54 Å². The molecule has 0 heterocycles. The van der Waals surface area contributed by atoms with Crippen molar-refractivity contribution in [2.24, 2.45) is 5.73 Å². The van der Waals surface area contributed by atoms with Crippen LogP contribution < -0.4 is 11.1 Å². The van der Waals surface area contributed by atoms with Gasteiger partial charge in [-0.3, -0.25) is 9.69 Å². The highest BCUT2D eigenvalue weighted by atomic mass is 35.5. The third kappa shape index (κ3) is 5.13. The number of carbonyl (C=O) groups excluding carboxylic acids is 1. The smallest absolute Gasteiger partial charge is 0.244 e. The minimum Gasteiger partial charge on any atom is -0.324 e. The number of hydrogen-bond acceptors (Lipinski definition) is 3. The molecule has 4 nitrogen and oxygen atoms in total. The van der Waals surface area contributed by atoms with Gasteiger partial charge in [-0.25, -0.2) is 0 Å². The lowest BCUT2D eigenvalue weighted by molar-refractivity contribution is -0.123. The summed E-state index contributed by atoms with van der Waals surface area (Å²) in [7, 11) is 0. The van der Waals surface area contributed by atoms with E-state index in [0.29, 0.717) is 0 Å². The third-order valence-corrected chi connectivity index (χ3v) is 4.18. The summed E-state index contributed by atoms with van der Waals surface area (Å²) in [5, 5.41) is 2.95. The zero-order valence-corrected chi connectivity index (χ0v) is 14.9. The number of hydrogen-bond donors (Lipinski definition) is 2. The van der Waals surface area contributed by atoms with Crippen molar-refractivity contribution in [3.05, 3.63) is 29.8 Å². The molecule has 1 aromatic rings. The van der Waals surface area contributed by atoms with Gasteiger partial charge in [-0.15, -0.1) is 24.8 Å². The summed E-state index contributed by atoms with van der Waals surface area (Å²) in [6, 6.07) is 8.04. The van der Waals surface area contributed by atoms with Gasteiger partial charge in [-0.05, 0) is 50.0 Å². The number of amides is 1. The zero-order chi connectivity index (χ0) is 14.6. The van der Waals surface area contributed by atoms with Gasteiger partial charge in [0.2, 0.25) is 5.91 Å². The van der Waals surface area contributed by atoms with Crippen molar-refractivity contribution in [3.8, 4) is 0 Å². The standard InChI is InChI=1S/C16H25N3O.2ClH/c1-3-19(4-2)12-13-7-5-8-14(11-13)18-15(20)16(17)9-6-10-16;;/h5,7-8,11H,3-4,6,9-10,12,17H2,1-2H3,(H,18,20);2*1H. The van der Waals surface area contributed by atoms with Gasteiger partial charge >= 0.3 is 0 Å². The van der Waals surface area contributed by atoms with Gasteiger partial charge in [0.1, 0.15) is 0 Å². The predicted octanol–water partition coefficient (Wildman–Crippen LogP) is 3.19. The number of benzene rings is 1. The van der Waals surface area contributed by atoms with Gasteiger partial charge in [0.05, 0.1) is 5.54 Å². The molecule has 2 rings (SSSR count). The summed E-state index contributed by atoms with van der Waals surface area (Å²) in [4.78, 5) is 14.5. The highest BCUT2D eigenvalue weighted by Crippen LogP contribution is 2.30.